The van der Waals surface area contributed by atoms with E-state index in [9.17, 15) is 4.79 Å². The van der Waals surface area contributed by atoms with Gasteiger partial charge in [0.25, 0.3) is 0 Å². The van der Waals surface area contributed by atoms with Crippen molar-refractivity contribution in [2.75, 3.05) is 19.5 Å². The fourth-order valence-corrected chi connectivity index (χ4v) is 1.67. The van der Waals surface area contributed by atoms with Crippen LogP contribution in [0, 0.1) is 6.92 Å². The monoisotopic (exact) mass is 251 g/mol. The van der Waals surface area contributed by atoms with Gasteiger partial charge in [-0.3, -0.25) is 0 Å². The molecule has 0 saturated carbocycles. The first-order valence-corrected chi connectivity index (χ1v) is 6.21. The van der Waals surface area contributed by atoms with E-state index in [2.05, 4.69) is 6.92 Å². The van der Waals surface area contributed by atoms with Crippen LogP contribution < -0.4 is 10.5 Å². The zero-order valence-electron chi connectivity index (χ0n) is 11.3. The number of esters is 1. The van der Waals surface area contributed by atoms with Crippen molar-refractivity contribution in [3.05, 3.63) is 23.3 Å². The van der Waals surface area contributed by atoms with Crippen LogP contribution in [0.1, 0.15) is 42.1 Å². The second kappa shape index (κ2) is 6.89. The number of ether oxygens (including phenoxy) is 2. The number of hydrogen-bond donors (Lipinski definition) is 1. The summed E-state index contributed by atoms with van der Waals surface area (Å²) in [6.45, 7) is 4.64. The molecule has 0 heterocycles. The SMILES string of the molecule is CCCCCOc1cc(C)c(N)c(C(=O)OC)c1. The molecule has 18 heavy (non-hydrogen) atoms. The largest absolute Gasteiger partial charge is 0.494 e. The van der Waals surface area contributed by atoms with Crippen molar-refractivity contribution in [1.82, 2.24) is 0 Å². The van der Waals surface area contributed by atoms with Crippen molar-refractivity contribution in [2.24, 2.45) is 0 Å². The van der Waals surface area contributed by atoms with E-state index in [-0.39, 0.29) is 0 Å². The van der Waals surface area contributed by atoms with Crippen LogP contribution in [0.3, 0.4) is 0 Å². The Morgan fingerprint density at radius 3 is 2.67 bits per heavy atom. The highest BCUT2D eigenvalue weighted by atomic mass is 16.5. The van der Waals surface area contributed by atoms with Gasteiger partial charge in [-0.1, -0.05) is 19.8 Å². The number of carbonyl (C=O) groups excluding carboxylic acids is 1. The van der Waals surface area contributed by atoms with Gasteiger partial charge in [0.15, 0.2) is 0 Å². The van der Waals surface area contributed by atoms with E-state index in [1.54, 1.807) is 6.07 Å². The molecule has 0 fully saturated rings. The number of benzene rings is 1. The number of nitrogen functional groups attached to an aromatic ring is 1. The molecule has 0 saturated heterocycles. The van der Waals surface area contributed by atoms with E-state index in [1.165, 1.54) is 7.11 Å². The summed E-state index contributed by atoms with van der Waals surface area (Å²) in [7, 11) is 1.34. The summed E-state index contributed by atoms with van der Waals surface area (Å²) >= 11 is 0. The number of rotatable bonds is 6. The van der Waals surface area contributed by atoms with Crippen molar-refractivity contribution in [3.8, 4) is 5.75 Å². The van der Waals surface area contributed by atoms with E-state index in [0.29, 0.717) is 23.6 Å². The molecule has 1 aromatic rings. The summed E-state index contributed by atoms with van der Waals surface area (Å²) in [5, 5.41) is 0. The van der Waals surface area contributed by atoms with Crippen LogP contribution in [0.5, 0.6) is 5.75 Å². The van der Waals surface area contributed by atoms with Crippen molar-refractivity contribution in [3.63, 3.8) is 0 Å². The predicted octanol–water partition coefficient (Wildman–Crippen LogP) is 2.93. The van der Waals surface area contributed by atoms with Crippen LogP contribution in [0.2, 0.25) is 0 Å². The maximum absolute atomic E-state index is 11.6. The van der Waals surface area contributed by atoms with Gasteiger partial charge < -0.3 is 15.2 Å². The van der Waals surface area contributed by atoms with Gasteiger partial charge in [-0.25, -0.2) is 4.79 Å². The minimum Gasteiger partial charge on any atom is -0.494 e. The molecule has 0 bridgehead atoms. The molecule has 4 heteroatoms. The van der Waals surface area contributed by atoms with Crippen LogP contribution in [0.4, 0.5) is 5.69 Å². The Balaban J connectivity index is 2.81. The fourth-order valence-electron chi connectivity index (χ4n) is 1.67. The molecule has 0 aliphatic carbocycles. The van der Waals surface area contributed by atoms with E-state index >= 15 is 0 Å². The predicted molar refractivity (Wildman–Crippen MR) is 72.0 cm³/mol. The van der Waals surface area contributed by atoms with Crippen molar-refractivity contribution in [2.45, 2.75) is 33.1 Å². The Bertz CT molecular complexity index is 416. The molecule has 0 spiro atoms. The molecule has 0 aliphatic heterocycles. The summed E-state index contributed by atoms with van der Waals surface area (Å²) in [6.07, 6.45) is 3.29. The lowest BCUT2D eigenvalue weighted by molar-refractivity contribution is 0.0601. The second-order valence-corrected chi connectivity index (χ2v) is 4.25. The molecule has 0 amide bonds. The second-order valence-electron chi connectivity index (χ2n) is 4.25. The third-order valence-corrected chi connectivity index (χ3v) is 2.78. The number of carbonyl (C=O) groups is 1. The van der Waals surface area contributed by atoms with Crippen LogP contribution >= 0.6 is 0 Å². The molecule has 0 unspecified atom stereocenters. The zero-order valence-corrected chi connectivity index (χ0v) is 11.3. The van der Waals surface area contributed by atoms with Gasteiger partial charge in [0.2, 0.25) is 0 Å². The van der Waals surface area contributed by atoms with Gasteiger partial charge >= 0.3 is 5.97 Å². The number of nitrogens with two attached hydrogens (primary N) is 1. The van der Waals surface area contributed by atoms with Crippen molar-refractivity contribution >= 4 is 11.7 Å². The minimum atomic E-state index is -0.436. The lowest BCUT2D eigenvalue weighted by Gasteiger charge is -2.11. The first-order chi connectivity index (χ1) is 8.60. The van der Waals surface area contributed by atoms with Gasteiger partial charge in [0.1, 0.15) is 5.75 Å². The average molecular weight is 251 g/mol. The van der Waals surface area contributed by atoms with Gasteiger partial charge in [-0.15, -0.1) is 0 Å². The third-order valence-electron chi connectivity index (χ3n) is 2.78. The smallest absolute Gasteiger partial charge is 0.340 e. The highest BCUT2D eigenvalue weighted by Gasteiger charge is 2.13. The van der Waals surface area contributed by atoms with Gasteiger partial charge in [0.05, 0.1) is 19.3 Å². The molecule has 2 N–H and O–H groups in total. The maximum atomic E-state index is 11.6. The summed E-state index contributed by atoms with van der Waals surface area (Å²) < 4.78 is 10.3. The number of unbranched alkanes of at least 4 members (excludes halogenated alkanes) is 2. The number of methoxy groups -OCH3 is 1. The Kier molecular flexibility index (Phi) is 5.49. The molecule has 0 aromatic heterocycles. The standard InChI is InChI=1S/C14H21NO3/c1-4-5-6-7-18-11-8-10(2)13(15)12(9-11)14(16)17-3/h8-9H,4-7,15H2,1-3H3. The summed E-state index contributed by atoms with van der Waals surface area (Å²) in [5.41, 5.74) is 7.48. The Hall–Kier alpha value is -1.71. The molecule has 4 nitrogen and oxygen atoms in total. The van der Waals surface area contributed by atoms with Crippen LogP contribution in [-0.4, -0.2) is 19.7 Å². The Morgan fingerprint density at radius 1 is 1.33 bits per heavy atom. The van der Waals surface area contributed by atoms with E-state index in [1.807, 2.05) is 13.0 Å². The molecule has 0 atom stereocenters. The lowest BCUT2D eigenvalue weighted by atomic mass is 10.1. The van der Waals surface area contributed by atoms with Gasteiger partial charge in [-0.2, -0.15) is 0 Å². The zero-order chi connectivity index (χ0) is 13.5. The summed E-state index contributed by atoms with van der Waals surface area (Å²) in [4.78, 5) is 11.6. The van der Waals surface area contributed by atoms with E-state index in [0.717, 1.165) is 24.8 Å². The van der Waals surface area contributed by atoms with E-state index in [4.69, 9.17) is 15.2 Å². The first kappa shape index (κ1) is 14.4. The minimum absolute atomic E-state index is 0.364. The van der Waals surface area contributed by atoms with Crippen molar-refractivity contribution in [1.29, 1.82) is 0 Å². The Labute approximate surface area is 108 Å². The normalized spacial score (nSPS) is 10.2. The highest BCUT2D eigenvalue weighted by molar-refractivity contribution is 5.96. The topological polar surface area (TPSA) is 61.5 Å². The lowest BCUT2D eigenvalue weighted by Crippen LogP contribution is -2.08. The Morgan fingerprint density at radius 2 is 2.06 bits per heavy atom. The quantitative estimate of drug-likeness (QED) is 0.479. The van der Waals surface area contributed by atoms with E-state index < -0.39 is 5.97 Å². The third kappa shape index (κ3) is 3.65. The van der Waals surface area contributed by atoms with Crippen LogP contribution in [-0.2, 0) is 4.74 Å². The summed E-state index contributed by atoms with van der Waals surface area (Å²) in [5.74, 6) is 0.229. The van der Waals surface area contributed by atoms with Gasteiger partial charge in [0, 0.05) is 5.69 Å². The molecular formula is C14H21NO3. The number of anilines is 1. The number of hydrogen-bond acceptors (Lipinski definition) is 4. The molecular weight excluding hydrogens is 230 g/mol. The van der Waals surface area contributed by atoms with Crippen molar-refractivity contribution < 1.29 is 14.3 Å². The first-order valence-electron chi connectivity index (χ1n) is 6.21. The van der Waals surface area contributed by atoms with Crippen LogP contribution in [0.15, 0.2) is 12.1 Å². The molecule has 1 aromatic carbocycles. The molecule has 0 radical (unpaired) electrons. The summed E-state index contributed by atoms with van der Waals surface area (Å²) in [6, 6.07) is 3.48. The highest BCUT2D eigenvalue weighted by Crippen LogP contribution is 2.25. The average Bonchev–Trinajstić information content (AvgIpc) is 2.37. The van der Waals surface area contributed by atoms with Crippen LogP contribution in [0.25, 0.3) is 0 Å². The molecule has 100 valence electrons. The molecule has 0 aliphatic rings. The maximum Gasteiger partial charge on any atom is 0.340 e. The fraction of sp³-hybridized carbons (Fsp3) is 0.500. The van der Waals surface area contributed by atoms with Gasteiger partial charge in [-0.05, 0) is 31.0 Å². The number of aryl methyl sites for hydroxylation is 1. The molecule has 1 rings (SSSR count).